The van der Waals surface area contributed by atoms with Crippen LogP contribution in [0.15, 0.2) is 53.5 Å². The Balaban J connectivity index is 1.84. The van der Waals surface area contributed by atoms with Crippen molar-refractivity contribution in [2.45, 2.75) is 13.3 Å². The number of benzene rings is 1. The molecule has 0 amide bonds. The number of nitrogens with one attached hydrogen (secondary N) is 2. The second-order valence-electron chi connectivity index (χ2n) is 5.44. The fraction of sp³-hybridized carbons (Fsp3) is 0.176. The summed E-state index contributed by atoms with van der Waals surface area (Å²) in [6.07, 6.45) is 2.00. The maximum absolute atomic E-state index is 12.2. The molecule has 7 heteroatoms. The molecule has 2 heterocycles. The van der Waals surface area contributed by atoms with Crippen molar-refractivity contribution in [2.75, 3.05) is 10.5 Å². The zero-order valence-electron chi connectivity index (χ0n) is 13.1. The van der Waals surface area contributed by atoms with Gasteiger partial charge in [0.1, 0.15) is 5.82 Å². The first-order valence-corrected chi connectivity index (χ1v) is 9.18. The number of sulfonamides is 1. The van der Waals surface area contributed by atoms with Crippen LogP contribution < -0.4 is 10.3 Å². The molecule has 1 aromatic carbocycles. The molecule has 2 N–H and O–H groups in total. The van der Waals surface area contributed by atoms with Crippen LogP contribution in [0.3, 0.4) is 0 Å². The minimum atomic E-state index is -3.34. The quantitative estimate of drug-likeness (QED) is 0.743. The van der Waals surface area contributed by atoms with Crippen LogP contribution in [0.25, 0.3) is 10.9 Å². The minimum Gasteiger partial charge on any atom is -0.322 e. The Morgan fingerprint density at radius 1 is 1.17 bits per heavy atom. The molecule has 0 aliphatic carbocycles. The first kappa shape index (κ1) is 16.2. The highest BCUT2D eigenvalue weighted by atomic mass is 32.2. The van der Waals surface area contributed by atoms with Gasteiger partial charge in [0.05, 0.1) is 5.75 Å². The summed E-state index contributed by atoms with van der Waals surface area (Å²) >= 11 is 0. The molecule has 3 rings (SSSR count). The van der Waals surface area contributed by atoms with Crippen LogP contribution in [0.1, 0.15) is 18.1 Å². The fourth-order valence-corrected chi connectivity index (χ4v) is 2.95. The van der Waals surface area contributed by atoms with Crippen molar-refractivity contribution in [1.29, 1.82) is 0 Å². The Bertz CT molecular complexity index is 1020. The molecule has 0 atom stereocenters. The number of aromatic amines is 1. The van der Waals surface area contributed by atoms with E-state index in [0.29, 0.717) is 12.0 Å². The standard InChI is InChI=1S/C17H17N3O3S/c1-2-24(22,23)20-16-8-7-12(11-18-16)9-14-10-13-5-3-4-6-15(13)19-17(14)21/h3-8,10-11H,2,9H2,1H3,(H,18,20)(H,19,21). The van der Waals surface area contributed by atoms with Crippen molar-refractivity contribution in [3.63, 3.8) is 0 Å². The first-order valence-electron chi connectivity index (χ1n) is 7.53. The number of rotatable bonds is 5. The summed E-state index contributed by atoms with van der Waals surface area (Å²) in [5.41, 5.74) is 2.13. The third kappa shape index (κ3) is 3.62. The smallest absolute Gasteiger partial charge is 0.251 e. The monoisotopic (exact) mass is 343 g/mol. The number of pyridine rings is 2. The molecule has 124 valence electrons. The van der Waals surface area contributed by atoms with Crippen molar-refractivity contribution in [2.24, 2.45) is 0 Å². The molecule has 0 bridgehead atoms. The summed E-state index contributed by atoms with van der Waals surface area (Å²) in [5.74, 6) is 0.260. The Hall–Kier alpha value is -2.67. The topological polar surface area (TPSA) is 91.9 Å². The van der Waals surface area contributed by atoms with Gasteiger partial charge in [0.2, 0.25) is 10.0 Å². The van der Waals surface area contributed by atoms with E-state index in [2.05, 4.69) is 14.7 Å². The lowest BCUT2D eigenvalue weighted by Crippen LogP contribution is -2.15. The molecule has 6 nitrogen and oxygen atoms in total. The average molecular weight is 343 g/mol. The normalized spacial score (nSPS) is 11.5. The number of para-hydroxylation sites is 1. The predicted molar refractivity (Wildman–Crippen MR) is 94.7 cm³/mol. The molecule has 3 aromatic rings. The first-order chi connectivity index (χ1) is 11.5. The van der Waals surface area contributed by atoms with Crippen LogP contribution in [-0.2, 0) is 16.4 Å². The Morgan fingerprint density at radius 3 is 2.67 bits per heavy atom. The van der Waals surface area contributed by atoms with Crippen molar-refractivity contribution in [3.8, 4) is 0 Å². The molecule has 2 aromatic heterocycles. The molecular weight excluding hydrogens is 326 g/mol. The van der Waals surface area contributed by atoms with E-state index in [9.17, 15) is 13.2 Å². The predicted octanol–water partition coefficient (Wildman–Crippen LogP) is 2.28. The van der Waals surface area contributed by atoms with E-state index in [1.54, 1.807) is 25.3 Å². The zero-order chi connectivity index (χ0) is 17.2. The molecule has 24 heavy (non-hydrogen) atoms. The van der Waals surface area contributed by atoms with Gasteiger partial charge in [-0.05, 0) is 36.1 Å². The molecule has 0 unspecified atom stereocenters. The van der Waals surface area contributed by atoms with Crippen LogP contribution in [0, 0.1) is 0 Å². The maximum Gasteiger partial charge on any atom is 0.251 e. The van der Waals surface area contributed by atoms with Gasteiger partial charge in [-0.15, -0.1) is 0 Å². The van der Waals surface area contributed by atoms with Gasteiger partial charge in [0.15, 0.2) is 0 Å². The number of aromatic nitrogens is 2. The summed E-state index contributed by atoms with van der Waals surface area (Å²) < 4.78 is 25.4. The van der Waals surface area contributed by atoms with E-state index >= 15 is 0 Å². The Kier molecular flexibility index (Phi) is 4.35. The Morgan fingerprint density at radius 2 is 1.96 bits per heavy atom. The molecule has 0 saturated heterocycles. The number of hydrogen-bond donors (Lipinski definition) is 2. The van der Waals surface area contributed by atoms with Crippen molar-refractivity contribution in [3.05, 3.63) is 70.1 Å². The van der Waals surface area contributed by atoms with Crippen LogP contribution in [-0.4, -0.2) is 24.1 Å². The molecule has 0 spiro atoms. The molecular formula is C17H17N3O3S. The lowest BCUT2D eigenvalue weighted by molar-refractivity contribution is 0.602. The van der Waals surface area contributed by atoms with Gasteiger partial charge in [0.25, 0.3) is 5.56 Å². The van der Waals surface area contributed by atoms with Gasteiger partial charge in [-0.2, -0.15) is 0 Å². The Labute approximate surface area is 139 Å². The van der Waals surface area contributed by atoms with E-state index in [1.807, 2.05) is 30.3 Å². The van der Waals surface area contributed by atoms with E-state index in [4.69, 9.17) is 0 Å². The van der Waals surface area contributed by atoms with Gasteiger partial charge in [-0.3, -0.25) is 9.52 Å². The second-order valence-corrected chi connectivity index (χ2v) is 7.46. The molecule has 0 saturated carbocycles. The summed E-state index contributed by atoms with van der Waals surface area (Å²) in [6, 6.07) is 12.8. The van der Waals surface area contributed by atoms with Gasteiger partial charge >= 0.3 is 0 Å². The second kappa shape index (κ2) is 6.45. The van der Waals surface area contributed by atoms with Gasteiger partial charge < -0.3 is 4.98 Å². The summed E-state index contributed by atoms with van der Waals surface area (Å²) in [7, 11) is -3.34. The highest BCUT2D eigenvalue weighted by molar-refractivity contribution is 7.92. The largest absolute Gasteiger partial charge is 0.322 e. The van der Waals surface area contributed by atoms with Crippen LogP contribution in [0.2, 0.25) is 0 Å². The minimum absolute atomic E-state index is 0.0110. The van der Waals surface area contributed by atoms with Crippen molar-refractivity contribution < 1.29 is 8.42 Å². The highest BCUT2D eigenvalue weighted by Crippen LogP contribution is 2.14. The van der Waals surface area contributed by atoms with Gasteiger partial charge in [-0.25, -0.2) is 13.4 Å². The molecule has 0 aliphatic rings. The van der Waals surface area contributed by atoms with Gasteiger partial charge in [0, 0.05) is 23.7 Å². The van der Waals surface area contributed by atoms with E-state index in [-0.39, 0.29) is 17.1 Å². The van der Waals surface area contributed by atoms with E-state index in [0.717, 1.165) is 16.5 Å². The van der Waals surface area contributed by atoms with Crippen molar-refractivity contribution >= 4 is 26.7 Å². The molecule has 0 radical (unpaired) electrons. The summed E-state index contributed by atoms with van der Waals surface area (Å²) in [5, 5.41) is 0.965. The zero-order valence-corrected chi connectivity index (χ0v) is 13.9. The van der Waals surface area contributed by atoms with E-state index in [1.165, 1.54) is 0 Å². The van der Waals surface area contributed by atoms with Crippen LogP contribution in [0.4, 0.5) is 5.82 Å². The molecule has 0 aliphatic heterocycles. The lowest BCUT2D eigenvalue weighted by atomic mass is 10.1. The fourth-order valence-electron chi connectivity index (χ4n) is 2.36. The van der Waals surface area contributed by atoms with E-state index < -0.39 is 10.0 Å². The molecule has 0 fully saturated rings. The average Bonchev–Trinajstić information content (AvgIpc) is 2.57. The number of fused-ring (bicyclic) bond motifs is 1. The third-order valence-corrected chi connectivity index (χ3v) is 4.97. The maximum atomic E-state index is 12.2. The van der Waals surface area contributed by atoms with Crippen LogP contribution >= 0.6 is 0 Å². The third-order valence-electron chi connectivity index (χ3n) is 3.69. The van der Waals surface area contributed by atoms with Crippen molar-refractivity contribution in [1.82, 2.24) is 9.97 Å². The summed E-state index contributed by atoms with van der Waals surface area (Å²) in [6.45, 7) is 1.56. The van der Waals surface area contributed by atoms with Gasteiger partial charge in [-0.1, -0.05) is 24.3 Å². The number of hydrogen-bond acceptors (Lipinski definition) is 4. The number of anilines is 1. The number of H-pyrrole nitrogens is 1. The highest BCUT2D eigenvalue weighted by Gasteiger charge is 2.08. The lowest BCUT2D eigenvalue weighted by Gasteiger charge is -2.07. The SMILES string of the molecule is CCS(=O)(=O)Nc1ccc(Cc2cc3ccccc3[nH]c2=O)cn1. The van der Waals surface area contributed by atoms with Crippen LogP contribution in [0.5, 0.6) is 0 Å². The summed E-state index contributed by atoms with van der Waals surface area (Å²) in [4.78, 5) is 19.1. The number of nitrogens with zero attached hydrogens (tertiary/aromatic N) is 1.